The molecule has 0 atom stereocenters. The van der Waals surface area contributed by atoms with Crippen LogP contribution in [0.2, 0.25) is 0 Å². The first-order valence-electron chi connectivity index (χ1n) is 10.3. The van der Waals surface area contributed by atoms with Crippen molar-refractivity contribution in [3.63, 3.8) is 0 Å². The van der Waals surface area contributed by atoms with E-state index in [1.807, 2.05) is 58.0 Å². The molecule has 0 saturated heterocycles. The van der Waals surface area contributed by atoms with Crippen molar-refractivity contribution in [2.45, 2.75) is 39.0 Å². The number of aryl methyl sites for hydroxylation is 4. The molecule has 162 valence electrons. The molecule has 0 unspecified atom stereocenters. The zero-order valence-electron chi connectivity index (χ0n) is 18.3. The van der Waals surface area contributed by atoms with E-state index in [0.717, 1.165) is 22.3 Å². The van der Waals surface area contributed by atoms with Crippen LogP contribution in [0.4, 0.5) is 11.4 Å². The summed E-state index contributed by atoms with van der Waals surface area (Å²) in [6.07, 6.45) is 0.648. The summed E-state index contributed by atoms with van der Waals surface area (Å²) in [5.74, 6) is -0.393. The van der Waals surface area contributed by atoms with Gasteiger partial charge in [-0.25, -0.2) is 8.42 Å². The minimum absolute atomic E-state index is 0.156. The van der Waals surface area contributed by atoms with Gasteiger partial charge in [-0.3, -0.25) is 9.10 Å². The lowest BCUT2D eigenvalue weighted by atomic mass is 10.1. The van der Waals surface area contributed by atoms with Gasteiger partial charge in [-0.2, -0.15) is 0 Å². The number of carbonyl (C=O) groups excluding carboxylic acids is 1. The Morgan fingerprint density at radius 2 is 1.55 bits per heavy atom. The third-order valence-corrected chi connectivity index (χ3v) is 6.98. The normalized spacial score (nSPS) is 11.2. The van der Waals surface area contributed by atoms with E-state index < -0.39 is 15.9 Å². The van der Waals surface area contributed by atoms with E-state index >= 15 is 0 Å². The molecular formula is C25H28N2O3S. The van der Waals surface area contributed by atoms with Crippen molar-refractivity contribution < 1.29 is 13.2 Å². The van der Waals surface area contributed by atoms with Gasteiger partial charge in [0.15, 0.2) is 0 Å². The van der Waals surface area contributed by atoms with E-state index in [0.29, 0.717) is 17.8 Å². The number of hydrogen-bond donors (Lipinski definition) is 1. The lowest BCUT2D eigenvalue weighted by Crippen LogP contribution is -2.38. The van der Waals surface area contributed by atoms with Gasteiger partial charge >= 0.3 is 0 Å². The summed E-state index contributed by atoms with van der Waals surface area (Å²) in [4.78, 5) is 13.1. The van der Waals surface area contributed by atoms with Gasteiger partial charge in [0.25, 0.3) is 10.0 Å². The van der Waals surface area contributed by atoms with Gasteiger partial charge in [-0.05, 0) is 68.1 Å². The van der Waals surface area contributed by atoms with Crippen LogP contribution in [0.3, 0.4) is 0 Å². The largest absolute Gasteiger partial charge is 0.324 e. The minimum atomic E-state index is -3.94. The Morgan fingerprint density at radius 3 is 2.23 bits per heavy atom. The number of nitrogens with one attached hydrogen (secondary N) is 1. The standard InChI is InChI=1S/C25H28N2O3S/c1-5-21-8-6-7-9-24(21)27(31(29,30)22-14-11-18(2)12-15-22)17-25(28)26-23-16-19(3)10-13-20(23)4/h6-16H,5,17H2,1-4H3,(H,26,28). The van der Waals surface area contributed by atoms with Crippen molar-refractivity contribution in [1.82, 2.24) is 0 Å². The van der Waals surface area contributed by atoms with Gasteiger partial charge in [0.2, 0.25) is 5.91 Å². The molecule has 0 saturated carbocycles. The van der Waals surface area contributed by atoms with Crippen LogP contribution in [0.5, 0.6) is 0 Å². The topological polar surface area (TPSA) is 66.5 Å². The highest BCUT2D eigenvalue weighted by Gasteiger charge is 2.28. The first kappa shape index (κ1) is 22.6. The summed E-state index contributed by atoms with van der Waals surface area (Å²) in [7, 11) is -3.94. The average Bonchev–Trinajstić information content (AvgIpc) is 2.75. The molecule has 0 aromatic heterocycles. The smallest absolute Gasteiger partial charge is 0.264 e. The molecule has 0 heterocycles. The molecule has 0 fully saturated rings. The molecule has 31 heavy (non-hydrogen) atoms. The van der Waals surface area contributed by atoms with Gasteiger partial charge in [0.1, 0.15) is 6.54 Å². The van der Waals surface area contributed by atoms with E-state index in [1.54, 1.807) is 36.4 Å². The summed E-state index contributed by atoms with van der Waals surface area (Å²) < 4.78 is 28.3. The summed E-state index contributed by atoms with van der Waals surface area (Å²) >= 11 is 0. The van der Waals surface area contributed by atoms with Crippen LogP contribution in [0, 0.1) is 20.8 Å². The molecule has 3 rings (SSSR count). The Labute approximate surface area is 184 Å². The molecule has 0 aliphatic heterocycles. The number of nitrogens with zero attached hydrogens (tertiary/aromatic N) is 1. The summed E-state index contributed by atoms with van der Waals surface area (Å²) in [6, 6.07) is 19.7. The Hall–Kier alpha value is -3.12. The molecule has 1 amide bonds. The molecule has 0 bridgehead atoms. The van der Waals surface area contributed by atoms with Gasteiger partial charge in [-0.1, -0.05) is 55.0 Å². The molecule has 0 aliphatic rings. The molecule has 0 spiro atoms. The molecule has 3 aromatic carbocycles. The Morgan fingerprint density at radius 1 is 0.903 bits per heavy atom. The van der Waals surface area contributed by atoms with Gasteiger partial charge < -0.3 is 5.32 Å². The SMILES string of the molecule is CCc1ccccc1N(CC(=O)Nc1cc(C)ccc1C)S(=O)(=O)c1ccc(C)cc1. The highest BCUT2D eigenvalue weighted by atomic mass is 32.2. The highest BCUT2D eigenvalue weighted by molar-refractivity contribution is 7.92. The van der Waals surface area contributed by atoms with Crippen molar-refractivity contribution in [1.29, 1.82) is 0 Å². The second kappa shape index (κ2) is 9.35. The van der Waals surface area contributed by atoms with Gasteiger partial charge in [-0.15, -0.1) is 0 Å². The summed E-state index contributed by atoms with van der Waals surface area (Å²) in [5, 5.41) is 2.88. The van der Waals surface area contributed by atoms with E-state index in [2.05, 4.69) is 5.32 Å². The van der Waals surface area contributed by atoms with Crippen molar-refractivity contribution in [2.75, 3.05) is 16.2 Å². The molecule has 3 aromatic rings. The van der Waals surface area contributed by atoms with Crippen LogP contribution in [-0.4, -0.2) is 20.9 Å². The van der Waals surface area contributed by atoms with Crippen molar-refractivity contribution in [3.8, 4) is 0 Å². The first-order valence-corrected chi connectivity index (χ1v) is 11.7. The van der Waals surface area contributed by atoms with Crippen molar-refractivity contribution in [2.24, 2.45) is 0 Å². The number of hydrogen-bond acceptors (Lipinski definition) is 3. The highest BCUT2D eigenvalue weighted by Crippen LogP contribution is 2.28. The quantitative estimate of drug-likeness (QED) is 0.566. The van der Waals surface area contributed by atoms with E-state index in [1.165, 1.54) is 4.31 Å². The predicted octanol–water partition coefficient (Wildman–Crippen LogP) is 5.01. The monoisotopic (exact) mass is 436 g/mol. The molecule has 0 aliphatic carbocycles. The summed E-state index contributed by atoms with van der Waals surface area (Å²) in [6.45, 7) is 7.40. The second-order valence-electron chi connectivity index (χ2n) is 7.67. The maximum Gasteiger partial charge on any atom is 0.264 e. The second-order valence-corrected chi connectivity index (χ2v) is 9.54. The van der Waals surface area contributed by atoms with Crippen molar-refractivity contribution >= 4 is 27.3 Å². The van der Waals surface area contributed by atoms with E-state index in [9.17, 15) is 13.2 Å². The number of anilines is 2. The molecule has 1 N–H and O–H groups in total. The maximum absolute atomic E-state index is 13.6. The zero-order chi connectivity index (χ0) is 22.6. The zero-order valence-corrected chi connectivity index (χ0v) is 19.2. The Kier molecular flexibility index (Phi) is 6.81. The predicted molar refractivity (Wildman–Crippen MR) is 126 cm³/mol. The third kappa shape index (κ3) is 5.14. The molecule has 6 heteroatoms. The summed E-state index contributed by atoms with van der Waals surface area (Å²) in [5.41, 5.74) is 4.95. The number of amides is 1. The number of carbonyl (C=O) groups is 1. The number of para-hydroxylation sites is 1. The molecule has 0 radical (unpaired) electrons. The van der Waals surface area contributed by atoms with Crippen LogP contribution < -0.4 is 9.62 Å². The van der Waals surface area contributed by atoms with E-state index in [-0.39, 0.29) is 11.4 Å². The van der Waals surface area contributed by atoms with Gasteiger partial charge in [0, 0.05) is 5.69 Å². The Balaban J connectivity index is 2.01. The van der Waals surface area contributed by atoms with E-state index in [4.69, 9.17) is 0 Å². The minimum Gasteiger partial charge on any atom is -0.324 e. The fraction of sp³-hybridized carbons (Fsp3) is 0.240. The number of rotatable bonds is 7. The van der Waals surface area contributed by atoms with Gasteiger partial charge in [0.05, 0.1) is 10.6 Å². The van der Waals surface area contributed by atoms with Crippen molar-refractivity contribution in [3.05, 3.63) is 89.0 Å². The van der Waals surface area contributed by atoms with Crippen LogP contribution in [0.1, 0.15) is 29.2 Å². The lowest BCUT2D eigenvalue weighted by molar-refractivity contribution is -0.114. The fourth-order valence-corrected chi connectivity index (χ4v) is 4.84. The fourth-order valence-electron chi connectivity index (χ4n) is 3.38. The van der Waals surface area contributed by atoms with Crippen LogP contribution in [-0.2, 0) is 21.2 Å². The maximum atomic E-state index is 13.6. The van der Waals surface area contributed by atoms with Crippen LogP contribution in [0.25, 0.3) is 0 Å². The number of benzene rings is 3. The average molecular weight is 437 g/mol. The van der Waals surface area contributed by atoms with Crippen LogP contribution >= 0.6 is 0 Å². The molecular weight excluding hydrogens is 408 g/mol. The first-order chi connectivity index (χ1) is 14.7. The molecule has 5 nitrogen and oxygen atoms in total. The third-order valence-electron chi connectivity index (χ3n) is 5.20. The lowest BCUT2D eigenvalue weighted by Gasteiger charge is -2.26. The van der Waals surface area contributed by atoms with Crippen LogP contribution in [0.15, 0.2) is 71.6 Å². The number of sulfonamides is 1. The Bertz CT molecular complexity index is 1190.